The van der Waals surface area contributed by atoms with Crippen molar-refractivity contribution in [3.05, 3.63) is 34.3 Å². The number of halogens is 1. The quantitative estimate of drug-likeness (QED) is 0.805. The molecule has 0 aromatic heterocycles. The molecule has 1 amide bonds. The molecule has 1 aliphatic rings. The lowest BCUT2D eigenvalue weighted by molar-refractivity contribution is -0.110. The van der Waals surface area contributed by atoms with Crippen molar-refractivity contribution in [2.24, 2.45) is 0 Å². The van der Waals surface area contributed by atoms with Crippen molar-refractivity contribution in [2.45, 2.75) is 25.3 Å². The number of nitrogens with zero attached hydrogens (tertiary/aromatic N) is 2. The minimum Gasteiger partial charge on any atom is -0.442 e. The van der Waals surface area contributed by atoms with Gasteiger partial charge in [0, 0.05) is 6.54 Å². The molecule has 1 atom stereocenters. The van der Waals surface area contributed by atoms with E-state index in [1.165, 1.54) is 0 Å². The van der Waals surface area contributed by atoms with Crippen LogP contribution in [0.5, 0.6) is 0 Å². The number of hydrogen-bond acceptors (Lipinski definition) is 4. The summed E-state index contributed by atoms with van der Waals surface area (Å²) < 4.78 is 4.89. The number of aldehydes is 1. The molecule has 21 heavy (non-hydrogen) atoms. The minimum absolute atomic E-state index is 0.136. The van der Waals surface area contributed by atoms with Gasteiger partial charge in [-0.25, -0.2) is 4.79 Å². The Morgan fingerprint density at radius 2 is 2.33 bits per heavy atom. The molecule has 1 aliphatic heterocycles. The maximum Gasteiger partial charge on any atom is 0.410 e. The number of amides is 1. The third kappa shape index (κ3) is 3.53. The first-order valence-electron chi connectivity index (χ1n) is 6.74. The predicted molar refractivity (Wildman–Crippen MR) is 76.9 cm³/mol. The number of piperidine rings is 1. The molecular formula is C15H15ClN2O3. The van der Waals surface area contributed by atoms with E-state index in [4.69, 9.17) is 21.6 Å². The maximum absolute atomic E-state index is 12.0. The molecule has 1 aromatic rings. The molecule has 0 radical (unpaired) electrons. The molecule has 0 spiro atoms. The predicted octanol–water partition coefficient (Wildman–Crippen LogP) is 3.07. The van der Waals surface area contributed by atoms with Crippen LogP contribution in [0, 0.1) is 11.3 Å². The summed E-state index contributed by atoms with van der Waals surface area (Å²) in [5, 5.41) is 9.28. The van der Waals surface area contributed by atoms with Crippen LogP contribution in [0.4, 0.5) is 4.79 Å². The molecule has 0 aliphatic carbocycles. The summed E-state index contributed by atoms with van der Waals surface area (Å²) in [6.45, 7) is 0.343. The molecule has 0 N–H and O–H groups in total. The summed E-state index contributed by atoms with van der Waals surface area (Å²) >= 11 is 6.06. The van der Waals surface area contributed by atoms with Crippen molar-refractivity contribution in [1.29, 1.82) is 5.26 Å². The van der Waals surface area contributed by atoms with E-state index in [1.807, 2.05) is 6.07 Å². The first-order valence-corrected chi connectivity index (χ1v) is 7.11. The van der Waals surface area contributed by atoms with Crippen LogP contribution in [0.15, 0.2) is 18.2 Å². The number of ether oxygens (including phenoxy) is 1. The molecule has 110 valence electrons. The fraction of sp³-hybridized carbons (Fsp3) is 0.400. The third-order valence-corrected chi connectivity index (χ3v) is 3.82. The highest BCUT2D eigenvalue weighted by Gasteiger charge is 2.29. The number of rotatable bonds is 3. The molecule has 0 bridgehead atoms. The highest BCUT2D eigenvalue weighted by Crippen LogP contribution is 2.33. The highest BCUT2D eigenvalue weighted by atomic mass is 35.5. The zero-order chi connectivity index (χ0) is 15.2. The molecule has 1 fully saturated rings. The number of carbonyl (C=O) groups is 2. The Morgan fingerprint density at radius 3 is 3.00 bits per heavy atom. The van der Waals surface area contributed by atoms with E-state index in [-0.39, 0.29) is 12.6 Å². The van der Waals surface area contributed by atoms with E-state index in [0.29, 0.717) is 23.4 Å². The van der Waals surface area contributed by atoms with Crippen LogP contribution in [0.1, 0.15) is 36.4 Å². The zero-order valence-corrected chi connectivity index (χ0v) is 12.2. The second-order valence-corrected chi connectivity index (χ2v) is 5.21. The number of carbonyl (C=O) groups excluding carboxylic acids is 2. The highest BCUT2D eigenvalue weighted by molar-refractivity contribution is 6.31. The number of likely N-dealkylation sites (tertiary alicyclic amines) is 1. The van der Waals surface area contributed by atoms with Gasteiger partial charge in [0.2, 0.25) is 0 Å². The van der Waals surface area contributed by atoms with Gasteiger partial charge in [-0.2, -0.15) is 5.26 Å². The van der Waals surface area contributed by atoms with Gasteiger partial charge in [-0.05, 0) is 37.0 Å². The molecule has 2 rings (SSSR count). The van der Waals surface area contributed by atoms with Gasteiger partial charge in [0.15, 0.2) is 6.29 Å². The maximum atomic E-state index is 12.0. The lowest BCUT2D eigenvalue weighted by atomic mass is 9.95. The van der Waals surface area contributed by atoms with E-state index < -0.39 is 6.09 Å². The normalized spacial score (nSPS) is 17.9. The first-order chi connectivity index (χ1) is 10.2. The van der Waals surface area contributed by atoms with Crippen molar-refractivity contribution in [3.8, 4) is 6.07 Å². The Kier molecular flexibility index (Phi) is 5.18. The third-order valence-electron chi connectivity index (χ3n) is 3.51. The largest absolute Gasteiger partial charge is 0.442 e. The van der Waals surface area contributed by atoms with Gasteiger partial charge in [-0.15, -0.1) is 0 Å². The smallest absolute Gasteiger partial charge is 0.410 e. The average molecular weight is 307 g/mol. The monoisotopic (exact) mass is 306 g/mol. The van der Waals surface area contributed by atoms with Gasteiger partial charge in [0.1, 0.15) is 12.7 Å². The Bertz CT molecular complexity index is 583. The SMILES string of the molecule is N#Cc1ccc(C2CCCCN2C(=O)OCC=O)cc1Cl. The Hall–Kier alpha value is -2.06. The fourth-order valence-electron chi connectivity index (χ4n) is 2.51. The summed E-state index contributed by atoms with van der Waals surface area (Å²) in [6.07, 6.45) is 2.76. The van der Waals surface area contributed by atoms with Gasteiger partial charge in [0.25, 0.3) is 0 Å². The van der Waals surface area contributed by atoms with Crippen molar-refractivity contribution >= 4 is 24.0 Å². The standard InChI is InChI=1S/C15H15ClN2O3/c16-13-9-11(4-5-12(13)10-17)14-3-1-2-6-18(14)15(20)21-8-7-19/h4-5,7,9,14H,1-3,6,8H2. The summed E-state index contributed by atoms with van der Waals surface area (Å²) in [5.74, 6) is 0. The fourth-order valence-corrected chi connectivity index (χ4v) is 2.75. The Labute approximate surface area is 128 Å². The average Bonchev–Trinajstić information content (AvgIpc) is 2.52. The van der Waals surface area contributed by atoms with Gasteiger partial charge in [0.05, 0.1) is 16.6 Å². The van der Waals surface area contributed by atoms with Crippen molar-refractivity contribution in [3.63, 3.8) is 0 Å². The van der Waals surface area contributed by atoms with Crippen LogP contribution in [-0.2, 0) is 9.53 Å². The summed E-state index contributed by atoms with van der Waals surface area (Å²) in [5.41, 5.74) is 1.29. The van der Waals surface area contributed by atoms with Crippen molar-refractivity contribution in [2.75, 3.05) is 13.2 Å². The van der Waals surface area contributed by atoms with Gasteiger partial charge in [-0.1, -0.05) is 17.7 Å². The van der Waals surface area contributed by atoms with Crippen LogP contribution in [-0.4, -0.2) is 30.4 Å². The lowest BCUT2D eigenvalue weighted by Crippen LogP contribution is -2.39. The second-order valence-electron chi connectivity index (χ2n) is 4.80. The molecule has 6 heteroatoms. The van der Waals surface area contributed by atoms with Crippen molar-refractivity contribution < 1.29 is 14.3 Å². The van der Waals surface area contributed by atoms with Crippen LogP contribution >= 0.6 is 11.6 Å². The molecule has 1 heterocycles. The molecule has 1 aromatic carbocycles. The molecule has 1 unspecified atom stereocenters. The number of benzene rings is 1. The lowest BCUT2D eigenvalue weighted by Gasteiger charge is -2.35. The van der Waals surface area contributed by atoms with E-state index in [2.05, 4.69) is 0 Å². The minimum atomic E-state index is -0.493. The van der Waals surface area contributed by atoms with E-state index >= 15 is 0 Å². The molecule has 1 saturated heterocycles. The number of hydrogen-bond donors (Lipinski definition) is 0. The molecular weight excluding hydrogens is 292 g/mol. The summed E-state index contributed by atoms with van der Waals surface area (Å²) in [7, 11) is 0. The van der Waals surface area contributed by atoms with Crippen LogP contribution in [0.3, 0.4) is 0 Å². The van der Waals surface area contributed by atoms with Crippen LogP contribution < -0.4 is 0 Å². The molecule has 0 saturated carbocycles. The van der Waals surface area contributed by atoms with Gasteiger partial charge >= 0.3 is 6.09 Å². The summed E-state index contributed by atoms with van der Waals surface area (Å²) in [4.78, 5) is 23.9. The Morgan fingerprint density at radius 1 is 1.52 bits per heavy atom. The van der Waals surface area contributed by atoms with Crippen molar-refractivity contribution in [1.82, 2.24) is 4.90 Å². The second kappa shape index (κ2) is 7.09. The van der Waals surface area contributed by atoms with Gasteiger partial charge < -0.3 is 9.64 Å². The van der Waals surface area contributed by atoms with Crippen LogP contribution in [0.25, 0.3) is 0 Å². The summed E-state index contributed by atoms with van der Waals surface area (Å²) in [6, 6.07) is 7.05. The van der Waals surface area contributed by atoms with E-state index in [1.54, 1.807) is 23.1 Å². The van der Waals surface area contributed by atoms with Crippen LogP contribution in [0.2, 0.25) is 5.02 Å². The zero-order valence-electron chi connectivity index (χ0n) is 11.4. The topological polar surface area (TPSA) is 70.4 Å². The Balaban J connectivity index is 2.22. The van der Waals surface area contributed by atoms with E-state index in [0.717, 1.165) is 24.8 Å². The van der Waals surface area contributed by atoms with Gasteiger partial charge in [-0.3, -0.25) is 4.79 Å². The molecule has 5 nitrogen and oxygen atoms in total. The number of nitriles is 1. The van der Waals surface area contributed by atoms with E-state index in [9.17, 15) is 9.59 Å². The first kappa shape index (κ1) is 15.3.